The van der Waals surface area contributed by atoms with Gasteiger partial charge in [0.15, 0.2) is 10.2 Å². The third-order valence-corrected chi connectivity index (χ3v) is 5.44. The number of thiocarbonyl (C=S) groups is 2. The molecule has 0 amide bonds. The molecule has 8 heteroatoms. The summed E-state index contributed by atoms with van der Waals surface area (Å²) in [6, 6.07) is 28.0. The van der Waals surface area contributed by atoms with Crippen LogP contribution in [0.4, 0.5) is 31.5 Å². The lowest BCUT2D eigenvalue weighted by Crippen LogP contribution is -2.19. The minimum Gasteiger partial charge on any atom is -0.332 e. The van der Waals surface area contributed by atoms with Crippen LogP contribution in [0.15, 0.2) is 97.1 Å². The Morgan fingerprint density at radius 2 is 0.714 bits per heavy atom. The van der Waals surface area contributed by atoms with Crippen molar-refractivity contribution in [1.29, 1.82) is 0 Å². The van der Waals surface area contributed by atoms with Gasteiger partial charge >= 0.3 is 0 Å². The predicted molar refractivity (Wildman–Crippen MR) is 148 cm³/mol. The van der Waals surface area contributed by atoms with Crippen LogP contribution in [0.3, 0.4) is 0 Å². The first-order valence-corrected chi connectivity index (χ1v) is 11.6. The summed E-state index contributed by atoms with van der Waals surface area (Å²) in [5.41, 5.74) is 5.45. The van der Waals surface area contributed by atoms with E-state index in [1.54, 1.807) is 24.3 Å². The number of anilines is 4. The molecular weight excluding hydrogens is 482 g/mol. The molecule has 0 fully saturated rings. The number of nitrogens with one attached hydrogen (secondary N) is 4. The van der Waals surface area contributed by atoms with Gasteiger partial charge in [0.1, 0.15) is 11.6 Å². The molecule has 0 aromatic heterocycles. The molecule has 0 aliphatic carbocycles. The van der Waals surface area contributed by atoms with Gasteiger partial charge < -0.3 is 21.3 Å². The average molecular weight is 505 g/mol. The van der Waals surface area contributed by atoms with Gasteiger partial charge in [-0.15, -0.1) is 0 Å². The molecule has 0 heterocycles. The van der Waals surface area contributed by atoms with Gasteiger partial charge in [0.25, 0.3) is 0 Å². The second kappa shape index (κ2) is 11.5. The van der Waals surface area contributed by atoms with Crippen LogP contribution in [0, 0.1) is 11.6 Å². The molecule has 4 aromatic carbocycles. The molecule has 0 spiro atoms. The van der Waals surface area contributed by atoms with E-state index >= 15 is 0 Å². The summed E-state index contributed by atoms with van der Waals surface area (Å²) in [4.78, 5) is 0. The summed E-state index contributed by atoms with van der Waals surface area (Å²) in [6.45, 7) is 0. The largest absolute Gasteiger partial charge is 0.332 e. The average Bonchev–Trinajstić information content (AvgIpc) is 2.84. The van der Waals surface area contributed by atoms with Crippen LogP contribution in [0.25, 0.3) is 0 Å². The first kappa shape index (κ1) is 24.3. The van der Waals surface area contributed by atoms with Gasteiger partial charge in [0.05, 0.1) is 0 Å². The Bertz CT molecular complexity index is 1190. The summed E-state index contributed by atoms with van der Waals surface area (Å²) >= 11 is 10.6. The molecule has 0 saturated carbocycles. The molecule has 0 saturated heterocycles. The normalized spacial score (nSPS) is 10.3. The summed E-state index contributed by atoms with van der Waals surface area (Å²) in [7, 11) is 0. The quantitative estimate of drug-likeness (QED) is 0.209. The number of hydrogen-bond donors (Lipinski definition) is 4. The van der Waals surface area contributed by atoms with Crippen molar-refractivity contribution in [2.75, 3.05) is 21.3 Å². The molecular formula is C27H22F2N4S2. The van der Waals surface area contributed by atoms with Gasteiger partial charge in [-0.25, -0.2) is 8.78 Å². The molecule has 4 aromatic rings. The fraction of sp³-hybridized carbons (Fsp3) is 0.0370. The summed E-state index contributed by atoms with van der Waals surface area (Å²) < 4.78 is 26.0. The zero-order valence-electron chi connectivity index (χ0n) is 18.5. The fourth-order valence-electron chi connectivity index (χ4n) is 3.30. The number of halogens is 2. The highest BCUT2D eigenvalue weighted by atomic mass is 32.1. The summed E-state index contributed by atoms with van der Waals surface area (Å²) in [5, 5.41) is 13.2. The third-order valence-electron chi connectivity index (χ3n) is 5.04. The zero-order chi connectivity index (χ0) is 24.6. The molecule has 4 N–H and O–H groups in total. The molecule has 35 heavy (non-hydrogen) atoms. The van der Waals surface area contributed by atoms with Crippen LogP contribution in [-0.2, 0) is 6.42 Å². The Kier molecular flexibility index (Phi) is 7.97. The highest BCUT2D eigenvalue weighted by Crippen LogP contribution is 2.17. The lowest BCUT2D eigenvalue weighted by atomic mass is 10.0. The third kappa shape index (κ3) is 7.56. The molecule has 0 bridgehead atoms. The van der Waals surface area contributed by atoms with Crippen molar-refractivity contribution >= 4 is 57.4 Å². The van der Waals surface area contributed by atoms with E-state index in [4.69, 9.17) is 24.4 Å². The Morgan fingerprint density at radius 1 is 0.457 bits per heavy atom. The van der Waals surface area contributed by atoms with Crippen LogP contribution >= 0.6 is 24.4 Å². The van der Waals surface area contributed by atoms with E-state index in [2.05, 4.69) is 21.3 Å². The van der Waals surface area contributed by atoms with Crippen LogP contribution < -0.4 is 21.3 Å². The van der Waals surface area contributed by atoms with Crippen LogP contribution in [0.2, 0.25) is 0 Å². The van der Waals surface area contributed by atoms with E-state index in [9.17, 15) is 8.78 Å². The Morgan fingerprint density at radius 3 is 1.00 bits per heavy atom. The smallest absolute Gasteiger partial charge is 0.175 e. The zero-order valence-corrected chi connectivity index (χ0v) is 20.2. The van der Waals surface area contributed by atoms with Crippen LogP contribution in [0.5, 0.6) is 0 Å². The topological polar surface area (TPSA) is 48.1 Å². The summed E-state index contributed by atoms with van der Waals surface area (Å²) in [5.74, 6) is -0.587. The minimum atomic E-state index is -0.293. The van der Waals surface area contributed by atoms with Gasteiger partial charge in [0.2, 0.25) is 0 Å². The van der Waals surface area contributed by atoms with E-state index in [0.29, 0.717) is 21.6 Å². The molecule has 0 aliphatic rings. The highest BCUT2D eigenvalue weighted by Gasteiger charge is 2.03. The molecule has 0 unspecified atom stereocenters. The molecule has 0 atom stereocenters. The lowest BCUT2D eigenvalue weighted by molar-refractivity contribution is 0.627. The monoisotopic (exact) mass is 504 g/mol. The Hall–Kier alpha value is -3.88. The van der Waals surface area contributed by atoms with E-state index < -0.39 is 0 Å². The Balaban J connectivity index is 1.26. The first-order chi connectivity index (χ1) is 16.9. The van der Waals surface area contributed by atoms with Crippen molar-refractivity contribution in [3.8, 4) is 0 Å². The molecule has 0 radical (unpaired) electrons. The molecule has 4 rings (SSSR count). The summed E-state index contributed by atoms with van der Waals surface area (Å²) in [6.07, 6.45) is 0.775. The van der Waals surface area contributed by atoms with E-state index in [0.717, 1.165) is 28.9 Å². The van der Waals surface area contributed by atoms with Crippen LogP contribution in [-0.4, -0.2) is 10.2 Å². The van der Waals surface area contributed by atoms with Gasteiger partial charge in [-0.05, 0) is 115 Å². The highest BCUT2D eigenvalue weighted by molar-refractivity contribution is 7.81. The lowest BCUT2D eigenvalue weighted by Gasteiger charge is -2.12. The van der Waals surface area contributed by atoms with E-state index in [1.165, 1.54) is 24.3 Å². The predicted octanol–water partition coefficient (Wildman–Crippen LogP) is 7.17. The van der Waals surface area contributed by atoms with Crippen molar-refractivity contribution < 1.29 is 8.78 Å². The van der Waals surface area contributed by atoms with E-state index in [-0.39, 0.29) is 11.6 Å². The SMILES string of the molecule is Fc1ccc(NC(=S)Nc2ccc(Cc3ccc(NC(=S)Nc4ccc(F)cc4)cc3)cc2)cc1. The van der Waals surface area contributed by atoms with Gasteiger partial charge in [-0.2, -0.15) is 0 Å². The maximum absolute atomic E-state index is 13.0. The number of benzene rings is 4. The van der Waals surface area contributed by atoms with E-state index in [1.807, 2.05) is 48.5 Å². The van der Waals surface area contributed by atoms with Crippen molar-refractivity contribution in [2.24, 2.45) is 0 Å². The van der Waals surface area contributed by atoms with Crippen LogP contribution in [0.1, 0.15) is 11.1 Å². The number of rotatable bonds is 6. The van der Waals surface area contributed by atoms with Crippen molar-refractivity contribution in [3.63, 3.8) is 0 Å². The maximum Gasteiger partial charge on any atom is 0.175 e. The standard InChI is InChI=1S/C27H22F2N4S2/c28-20-5-13-24(14-6-20)32-26(34)30-22-9-1-18(2-10-22)17-19-3-11-23(12-4-19)31-27(35)33-25-15-7-21(29)8-16-25/h1-16H,17H2,(H2,30,32,34)(H2,31,33,35). The maximum atomic E-state index is 13.0. The van der Waals surface area contributed by atoms with Crippen molar-refractivity contribution in [1.82, 2.24) is 0 Å². The molecule has 176 valence electrons. The fourth-order valence-corrected chi connectivity index (χ4v) is 3.77. The van der Waals surface area contributed by atoms with Crippen molar-refractivity contribution in [2.45, 2.75) is 6.42 Å². The first-order valence-electron chi connectivity index (χ1n) is 10.8. The second-order valence-corrected chi connectivity index (χ2v) is 8.56. The number of hydrogen-bond acceptors (Lipinski definition) is 2. The van der Waals surface area contributed by atoms with Gasteiger partial charge in [-0.3, -0.25) is 0 Å². The van der Waals surface area contributed by atoms with Crippen molar-refractivity contribution in [3.05, 3.63) is 120 Å². The second-order valence-electron chi connectivity index (χ2n) is 7.74. The molecule has 4 nitrogen and oxygen atoms in total. The van der Waals surface area contributed by atoms with Gasteiger partial charge in [0, 0.05) is 22.7 Å². The Labute approximate surface area is 213 Å². The minimum absolute atomic E-state index is 0.293. The molecule has 0 aliphatic heterocycles. The van der Waals surface area contributed by atoms with Gasteiger partial charge in [-0.1, -0.05) is 24.3 Å².